The fourth-order valence-electron chi connectivity index (χ4n) is 2.72. The maximum absolute atomic E-state index is 12.2. The van der Waals surface area contributed by atoms with Crippen molar-refractivity contribution in [2.75, 3.05) is 19.6 Å². The standard InChI is InChI=1S/C14H20N6O3/c1-3-14(2)12(22)20(13(23)16-14)17-11(21)9-18-7-10(8-18)19-6-4-5-15-19/h4-6,10H,3,7-9H2,1-2H3,(H,16,23)(H,17,21)/t14-/m0/s1. The summed E-state index contributed by atoms with van der Waals surface area (Å²) in [4.78, 5) is 38.0. The summed E-state index contributed by atoms with van der Waals surface area (Å²) < 4.78 is 1.86. The predicted molar refractivity (Wildman–Crippen MR) is 79.9 cm³/mol. The number of aromatic nitrogens is 2. The Bertz CT molecular complexity index is 624. The zero-order valence-electron chi connectivity index (χ0n) is 13.2. The topological polar surface area (TPSA) is 99.6 Å². The monoisotopic (exact) mass is 320 g/mol. The Balaban J connectivity index is 1.49. The maximum atomic E-state index is 12.2. The number of rotatable bonds is 5. The van der Waals surface area contributed by atoms with Crippen LogP contribution in [0.15, 0.2) is 18.5 Å². The summed E-state index contributed by atoms with van der Waals surface area (Å²) in [7, 11) is 0. The average molecular weight is 320 g/mol. The smallest absolute Gasteiger partial charge is 0.322 e. The van der Waals surface area contributed by atoms with Gasteiger partial charge in [-0.2, -0.15) is 10.1 Å². The molecule has 0 spiro atoms. The number of likely N-dealkylation sites (tertiary alicyclic amines) is 1. The van der Waals surface area contributed by atoms with Crippen LogP contribution in [0.4, 0.5) is 4.79 Å². The van der Waals surface area contributed by atoms with Gasteiger partial charge in [-0.1, -0.05) is 6.92 Å². The summed E-state index contributed by atoms with van der Waals surface area (Å²) in [6, 6.07) is 1.53. The first-order valence-corrected chi connectivity index (χ1v) is 7.60. The molecule has 1 aromatic heterocycles. The lowest BCUT2D eigenvalue weighted by Crippen LogP contribution is -2.55. The number of carbonyl (C=O) groups excluding carboxylic acids is 3. The minimum atomic E-state index is -0.952. The largest absolute Gasteiger partial charge is 0.344 e. The van der Waals surface area contributed by atoms with Gasteiger partial charge in [-0.15, -0.1) is 0 Å². The fraction of sp³-hybridized carbons (Fsp3) is 0.571. The van der Waals surface area contributed by atoms with Crippen LogP contribution in [0.5, 0.6) is 0 Å². The van der Waals surface area contributed by atoms with Gasteiger partial charge in [-0.25, -0.2) is 4.79 Å². The number of imide groups is 1. The Morgan fingerprint density at radius 3 is 2.78 bits per heavy atom. The zero-order chi connectivity index (χ0) is 16.6. The molecular formula is C14H20N6O3. The molecular weight excluding hydrogens is 300 g/mol. The van der Waals surface area contributed by atoms with Crippen molar-refractivity contribution in [2.24, 2.45) is 0 Å². The third-order valence-corrected chi connectivity index (χ3v) is 4.41. The van der Waals surface area contributed by atoms with Gasteiger partial charge in [0.2, 0.25) is 0 Å². The Morgan fingerprint density at radius 2 is 2.22 bits per heavy atom. The van der Waals surface area contributed by atoms with Crippen molar-refractivity contribution in [3.8, 4) is 0 Å². The Kier molecular flexibility index (Phi) is 3.80. The summed E-state index contributed by atoms with van der Waals surface area (Å²) in [6.45, 7) is 5.00. The van der Waals surface area contributed by atoms with Crippen LogP contribution in [0, 0.1) is 0 Å². The summed E-state index contributed by atoms with van der Waals surface area (Å²) in [5, 5.41) is 7.53. The number of hydrogen-bond donors (Lipinski definition) is 2. The van der Waals surface area contributed by atoms with Crippen molar-refractivity contribution >= 4 is 17.8 Å². The van der Waals surface area contributed by atoms with E-state index in [9.17, 15) is 14.4 Å². The number of nitrogens with zero attached hydrogens (tertiary/aromatic N) is 4. The van der Waals surface area contributed by atoms with Crippen LogP contribution in [-0.4, -0.2) is 62.7 Å². The van der Waals surface area contributed by atoms with Gasteiger partial charge >= 0.3 is 6.03 Å². The molecule has 0 bridgehead atoms. The highest BCUT2D eigenvalue weighted by molar-refractivity contribution is 6.07. The molecule has 124 valence electrons. The number of urea groups is 1. The minimum absolute atomic E-state index is 0.137. The van der Waals surface area contributed by atoms with E-state index in [1.54, 1.807) is 20.0 Å². The molecule has 1 aromatic rings. The molecule has 1 atom stereocenters. The van der Waals surface area contributed by atoms with E-state index >= 15 is 0 Å². The van der Waals surface area contributed by atoms with Crippen molar-refractivity contribution in [2.45, 2.75) is 31.8 Å². The molecule has 3 rings (SSSR count). The molecule has 0 saturated carbocycles. The van der Waals surface area contributed by atoms with E-state index in [1.165, 1.54) is 0 Å². The molecule has 0 aromatic carbocycles. The third-order valence-electron chi connectivity index (χ3n) is 4.41. The van der Waals surface area contributed by atoms with Crippen LogP contribution < -0.4 is 10.7 Å². The van der Waals surface area contributed by atoms with E-state index < -0.39 is 17.5 Å². The molecule has 2 fully saturated rings. The number of nitrogens with one attached hydrogen (secondary N) is 2. The lowest BCUT2D eigenvalue weighted by Gasteiger charge is -2.38. The highest BCUT2D eigenvalue weighted by atomic mass is 16.2. The molecule has 9 nitrogen and oxygen atoms in total. The first-order valence-electron chi connectivity index (χ1n) is 7.60. The van der Waals surface area contributed by atoms with Crippen molar-refractivity contribution in [3.05, 3.63) is 18.5 Å². The van der Waals surface area contributed by atoms with Crippen LogP contribution >= 0.6 is 0 Å². The Labute approximate surface area is 133 Å². The van der Waals surface area contributed by atoms with Gasteiger partial charge in [0.25, 0.3) is 11.8 Å². The van der Waals surface area contributed by atoms with E-state index in [0.29, 0.717) is 19.5 Å². The van der Waals surface area contributed by atoms with E-state index in [2.05, 4.69) is 15.8 Å². The molecule has 0 aliphatic carbocycles. The SMILES string of the molecule is CC[C@]1(C)NC(=O)N(NC(=O)CN2CC(n3cccn3)C2)C1=O. The van der Waals surface area contributed by atoms with Gasteiger partial charge < -0.3 is 5.32 Å². The van der Waals surface area contributed by atoms with Crippen LogP contribution in [0.1, 0.15) is 26.3 Å². The Hall–Kier alpha value is -2.42. The molecule has 2 N–H and O–H groups in total. The third kappa shape index (κ3) is 2.79. The van der Waals surface area contributed by atoms with Gasteiger partial charge in [0, 0.05) is 25.5 Å². The first kappa shape index (κ1) is 15.5. The van der Waals surface area contributed by atoms with E-state index in [4.69, 9.17) is 0 Å². The molecule has 9 heteroatoms. The second-order valence-electron chi connectivity index (χ2n) is 6.13. The second kappa shape index (κ2) is 5.65. The molecule has 2 aliphatic rings. The summed E-state index contributed by atoms with van der Waals surface area (Å²) in [5.41, 5.74) is 1.43. The van der Waals surface area contributed by atoms with Crippen LogP contribution in [-0.2, 0) is 9.59 Å². The molecule has 2 aliphatic heterocycles. The van der Waals surface area contributed by atoms with Gasteiger partial charge in [0.15, 0.2) is 0 Å². The predicted octanol–water partition coefficient (Wildman–Crippen LogP) is -0.508. The number of amides is 4. The van der Waals surface area contributed by atoms with Crippen molar-refractivity contribution in [1.29, 1.82) is 0 Å². The van der Waals surface area contributed by atoms with E-state index in [-0.39, 0.29) is 18.5 Å². The van der Waals surface area contributed by atoms with Crippen molar-refractivity contribution in [3.63, 3.8) is 0 Å². The minimum Gasteiger partial charge on any atom is -0.322 e. The molecule has 0 radical (unpaired) electrons. The van der Waals surface area contributed by atoms with E-state index in [1.807, 2.05) is 21.8 Å². The molecule has 4 amide bonds. The number of hydrazine groups is 1. The summed E-state index contributed by atoms with van der Waals surface area (Å²) >= 11 is 0. The Morgan fingerprint density at radius 1 is 1.48 bits per heavy atom. The summed E-state index contributed by atoms with van der Waals surface area (Å²) in [6.07, 6.45) is 4.07. The molecule has 23 heavy (non-hydrogen) atoms. The molecule has 3 heterocycles. The van der Waals surface area contributed by atoms with Crippen LogP contribution in [0.3, 0.4) is 0 Å². The molecule has 2 saturated heterocycles. The van der Waals surface area contributed by atoms with E-state index in [0.717, 1.165) is 5.01 Å². The van der Waals surface area contributed by atoms with Crippen molar-refractivity contribution < 1.29 is 14.4 Å². The zero-order valence-corrected chi connectivity index (χ0v) is 13.2. The molecule has 0 unspecified atom stereocenters. The fourth-order valence-corrected chi connectivity index (χ4v) is 2.72. The number of hydrogen-bond acceptors (Lipinski definition) is 5. The number of carbonyl (C=O) groups is 3. The van der Waals surface area contributed by atoms with Crippen LogP contribution in [0.25, 0.3) is 0 Å². The van der Waals surface area contributed by atoms with Crippen molar-refractivity contribution in [1.82, 2.24) is 30.4 Å². The maximum Gasteiger partial charge on any atom is 0.344 e. The van der Waals surface area contributed by atoms with Gasteiger partial charge in [0.05, 0.1) is 12.6 Å². The lowest BCUT2D eigenvalue weighted by atomic mass is 10.00. The highest BCUT2D eigenvalue weighted by Gasteiger charge is 2.47. The lowest BCUT2D eigenvalue weighted by molar-refractivity contribution is -0.139. The second-order valence-corrected chi connectivity index (χ2v) is 6.13. The quantitative estimate of drug-likeness (QED) is 0.712. The first-order chi connectivity index (χ1) is 10.9. The van der Waals surface area contributed by atoms with Gasteiger partial charge in [-0.3, -0.25) is 24.6 Å². The highest BCUT2D eigenvalue weighted by Crippen LogP contribution is 2.21. The van der Waals surface area contributed by atoms with Crippen LogP contribution in [0.2, 0.25) is 0 Å². The van der Waals surface area contributed by atoms with Gasteiger partial charge in [0.1, 0.15) is 5.54 Å². The van der Waals surface area contributed by atoms with Gasteiger partial charge in [-0.05, 0) is 19.4 Å². The average Bonchev–Trinajstić information content (AvgIpc) is 3.06. The normalized spacial score (nSPS) is 25.4. The summed E-state index contributed by atoms with van der Waals surface area (Å²) in [5.74, 6) is -0.816.